The lowest BCUT2D eigenvalue weighted by molar-refractivity contribution is -0.131. The minimum absolute atomic E-state index is 0.0580. The summed E-state index contributed by atoms with van der Waals surface area (Å²) in [6.07, 6.45) is 3.23. The van der Waals surface area contributed by atoms with Crippen molar-refractivity contribution in [2.45, 2.75) is 25.3 Å². The molecular formula is C22H22F3IN2O3. The van der Waals surface area contributed by atoms with Crippen LogP contribution in [0.5, 0.6) is 5.75 Å². The molecule has 0 bridgehead atoms. The molecule has 1 saturated heterocycles. The van der Waals surface area contributed by atoms with Crippen LogP contribution >= 0.6 is 22.6 Å². The number of methoxy groups -OCH3 is 1. The smallest absolute Gasteiger partial charge is 0.250 e. The maximum atomic E-state index is 13.9. The van der Waals surface area contributed by atoms with E-state index in [1.54, 1.807) is 13.2 Å². The van der Waals surface area contributed by atoms with Gasteiger partial charge in [0.05, 0.1) is 23.3 Å². The molecule has 1 heterocycles. The molecule has 1 atom stereocenters. The molecule has 1 aliphatic heterocycles. The first kappa shape index (κ1) is 23.6. The van der Waals surface area contributed by atoms with Crippen molar-refractivity contribution < 1.29 is 27.5 Å². The Labute approximate surface area is 192 Å². The predicted octanol–water partition coefficient (Wildman–Crippen LogP) is 4.74. The fourth-order valence-corrected chi connectivity index (χ4v) is 4.24. The number of halogens is 4. The Kier molecular flexibility index (Phi) is 7.95. The molecule has 2 aromatic carbocycles. The minimum atomic E-state index is -1.55. The quantitative estimate of drug-likeness (QED) is 0.236. The average Bonchev–Trinajstić information content (AvgIpc) is 2.75. The van der Waals surface area contributed by atoms with E-state index in [4.69, 9.17) is 10.6 Å². The number of ether oxygens (including phenoxy) is 1. The largest absolute Gasteiger partial charge is 0.496 e. The number of nitrogens with two attached hydrogens (primary N) is 1. The van der Waals surface area contributed by atoms with Gasteiger partial charge in [0.1, 0.15) is 5.75 Å². The zero-order valence-corrected chi connectivity index (χ0v) is 19.0. The number of nitrogens with zero attached hydrogens (tertiary/aromatic N) is 1. The van der Waals surface area contributed by atoms with E-state index in [-0.39, 0.29) is 24.5 Å². The van der Waals surface area contributed by atoms with E-state index in [2.05, 4.69) is 27.4 Å². The van der Waals surface area contributed by atoms with Gasteiger partial charge in [-0.1, -0.05) is 6.07 Å². The van der Waals surface area contributed by atoms with E-state index in [9.17, 15) is 18.0 Å². The molecule has 2 N–H and O–H groups in total. The van der Waals surface area contributed by atoms with Crippen LogP contribution in [0, 0.1) is 21.0 Å². The number of amides is 1. The second-order valence-corrected chi connectivity index (χ2v) is 8.30. The Balaban J connectivity index is 1.94. The lowest BCUT2D eigenvalue weighted by Crippen LogP contribution is -2.40. The van der Waals surface area contributed by atoms with E-state index >= 15 is 0 Å². The van der Waals surface area contributed by atoms with Gasteiger partial charge >= 0.3 is 0 Å². The number of carbonyl (C=O) groups is 1. The first-order valence-electron chi connectivity index (χ1n) is 9.67. The Morgan fingerprint density at radius 3 is 2.58 bits per heavy atom. The van der Waals surface area contributed by atoms with Crippen molar-refractivity contribution in [3.05, 3.63) is 68.1 Å². The van der Waals surface area contributed by atoms with E-state index in [1.807, 2.05) is 18.2 Å². The van der Waals surface area contributed by atoms with Crippen molar-refractivity contribution in [2.24, 2.45) is 5.90 Å². The van der Waals surface area contributed by atoms with Gasteiger partial charge in [-0.05, 0) is 83.3 Å². The van der Waals surface area contributed by atoms with Crippen molar-refractivity contribution in [3.8, 4) is 5.75 Å². The Morgan fingerprint density at radius 2 is 1.94 bits per heavy atom. The molecule has 1 unspecified atom stereocenters. The average molecular weight is 546 g/mol. The lowest BCUT2D eigenvalue weighted by Gasteiger charge is -2.36. The fourth-order valence-electron chi connectivity index (χ4n) is 3.68. The van der Waals surface area contributed by atoms with Crippen molar-refractivity contribution in [1.29, 1.82) is 0 Å². The molecule has 5 nitrogen and oxygen atoms in total. The summed E-state index contributed by atoms with van der Waals surface area (Å²) in [7, 11) is 1.58. The molecule has 31 heavy (non-hydrogen) atoms. The molecule has 0 saturated carbocycles. The van der Waals surface area contributed by atoms with Crippen molar-refractivity contribution >= 4 is 34.6 Å². The van der Waals surface area contributed by atoms with Gasteiger partial charge in [0.2, 0.25) is 5.91 Å². The van der Waals surface area contributed by atoms with Gasteiger partial charge in [0.25, 0.3) is 0 Å². The Hall–Kier alpha value is -2.11. The van der Waals surface area contributed by atoms with E-state index in [1.165, 1.54) is 4.90 Å². The van der Waals surface area contributed by atoms with Crippen LogP contribution in [0.2, 0.25) is 0 Å². The lowest BCUT2D eigenvalue weighted by atomic mass is 9.95. The number of piperidine rings is 1. The first-order chi connectivity index (χ1) is 14.8. The molecule has 166 valence electrons. The third kappa shape index (κ3) is 5.39. The number of carbonyl (C=O) groups excluding carboxylic acids is 1. The monoisotopic (exact) mass is 546 g/mol. The predicted molar refractivity (Wildman–Crippen MR) is 118 cm³/mol. The molecule has 0 aromatic heterocycles. The first-order valence-corrected chi connectivity index (χ1v) is 10.7. The highest BCUT2D eigenvalue weighted by molar-refractivity contribution is 14.1. The van der Waals surface area contributed by atoms with E-state index in [0.717, 1.165) is 21.3 Å². The third-order valence-electron chi connectivity index (χ3n) is 5.17. The summed E-state index contributed by atoms with van der Waals surface area (Å²) in [5.41, 5.74) is 1.53. The van der Waals surface area contributed by atoms with Crippen LogP contribution in [-0.2, 0) is 9.63 Å². The van der Waals surface area contributed by atoms with Crippen LogP contribution in [0.3, 0.4) is 0 Å². The van der Waals surface area contributed by atoms with Crippen LogP contribution in [0.1, 0.15) is 36.4 Å². The number of benzene rings is 2. The summed E-state index contributed by atoms with van der Waals surface area (Å²) in [5.74, 6) is 1.43. The molecule has 9 heteroatoms. The summed E-state index contributed by atoms with van der Waals surface area (Å²) in [6.45, 7) is 0.449. The second-order valence-electron chi connectivity index (χ2n) is 7.14. The number of hydrogen-bond acceptors (Lipinski definition) is 4. The molecule has 2 aromatic rings. The van der Waals surface area contributed by atoms with Gasteiger partial charge in [-0.2, -0.15) is 0 Å². The van der Waals surface area contributed by atoms with Gasteiger partial charge in [-0.3, -0.25) is 4.79 Å². The molecule has 3 rings (SSSR count). The maximum absolute atomic E-state index is 13.9. The van der Waals surface area contributed by atoms with E-state index < -0.39 is 23.5 Å². The fraction of sp³-hybridized carbons (Fsp3) is 0.318. The minimum Gasteiger partial charge on any atom is -0.496 e. The van der Waals surface area contributed by atoms with Gasteiger partial charge in [0, 0.05) is 12.1 Å². The Bertz CT molecular complexity index is 977. The van der Waals surface area contributed by atoms with Gasteiger partial charge in [-0.25, -0.2) is 19.1 Å². The van der Waals surface area contributed by atoms with Crippen molar-refractivity contribution in [3.63, 3.8) is 0 Å². The highest BCUT2D eigenvalue weighted by Crippen LogP contribution is 2.33. The van der Waals surface area contributed by atoms with Crippen LogP contribution in [0.4, 0.5) is 13.2 Å². The molecule has 0 radical (unpaired) electrons. The van der Waals surface area contributed by atoms with Gasteiger partial charge in [0.15, 0.2) is 17.5 Å². The summed E-state index contributed by atoms with van der Waals surface area (Å²) in [5, 5.41) is 0. The van der Waals surface area contributed by atoms with Crippen molar-refractivity contribution in [1.82, 2.24) is 4.90 Å². The number of hydrogen-bond donors (Lipinski definition) is 1. The maximum Gasteiger partial charge on any atom is 0.250 e. The standard InChI is InChI=1S/C22H22F3IN2O3/c1-30-20-10-13(4-5-18(20)26)9-14-3-2-7-28(22(14)29)19(6-8-31-27)15-11-16(23)21(25)17(24)12-15/h4-5,9-12,19H,2-3,6-8,27H2,1H3. The third-order valence-corrected chi connectivity index (χ3v) is 6.06. The molecule has 0 aliphatic carbocycles. The van der Waals surface area contributed by atoms with Gasteiger partial charge < -0.3 is 14.5 Å². The molecule has 0 spiro atoms. The van der Waals surface area contributed by atoms with Crippen LogP contribution < -0.4 is 10.6 Å². The summed E-state index contributed by atoms with van der Waals surface area (Å²) in [6, 6.07) is 6.72. The second kappa shape index (κ2) is 10.5. The molecule has 1 amide bonds. The topological polar surface area (TPSA) is 64.8 Å². The Morgan fingerprint density at radius 1 is 1.23 bits per heavy atom. The summed E-state index contributed by atoms with van der Waals surface area (Å²) < 4.78 is 47.4. The SMILES string of the molecule is COc1cc(C=C2CCCN(C(CCON)c3cc(F)c(F)c(F)c3)C2=O)ccc1I. The number of likely N-dealkylation sites (tertiary alicyclic amines) is 1. The van der Waals surface area contributed by atoms with Crippen LogP contribution in [0.25, 0.3) is 6.08 Å². The molecule has 1 fully saturated rings. The summed E-state index contributed by atoms with van der Waals surface area (Å²) in [4.78, 5) is 19.4. The highest BCUT2D eigenvalue weighted by Gasteiger charge is 2.31. The summed E-state index contributed by atoms with van der Waals surface area (Å²) >= 11 is 2.16. The van der Waals surface area contributed by atoms with Crippen LogP contribution in [-0.4, -0.2) is 31.1 Å². The number of rotatable bonds is 7. The zero-order chi connectivity index (χ0) is 22.5. The normalized spacial score (nSPS) is 16.6. The van der Waals surface area contributed by atoms with Crippen molar-refractivity contribution in [2.75, 3.05) is 20.3 Å². The molecule has 1 aliphatic rings. The van der Waals surface area contributed by atoms with E-state index in [0.29, 0.717) is 30.7 Å². The molecular weight excluding hydrogens is 524 g/mol. The highest BCUT2D eigenvalue weighted by atomic mass is 127. The van der Waals surface area contributed by atoms with Crippen LogP contribution in [0.15, 0.2) is 35.9 Å². The zero-order valence-electron chi connectivity index (χ0n) is 16.8. The van der Waals surface area contributed by atoms with Gasteiger partial charge in [-0.15, -0.1) is 0 Å².